The molecule has 0 radical (unpaired) electrons. The van der Waals surface area contributed by atoms with E-state index in [1.54, 1.807) is 6.07 Å². The highest BCUT2D eigenvalue weighted by molar-refractivity contribution is 5.99. The van der Waals surface area contributed by atoms with E-state index in [0.29, 0.717) is 5.56 Å². The number of phenolic OH excluding ortho intramolecular Hbond substituents is 2. The zero-order chi connectivity index (χ0) is 15.4. The molecule has 0 saturated heterocycles. The van der Waals surface area contributed by atoms with Gasteiger partial charge in [-0.1, -0.05) is 18.2 Å². The Balaban J connectivity index is 2.11. The highest BCUT2D eigenvalue weighted by atomic mass is 19.1. The zero-order valence-electron chi connectivity index (χ0n) is 11.1. The predicted octanol–water partition coefficient (Wildman–Crippen LogP) is 1.63. The van der Waals surface area contributed by atoms with Crippen LogP contribution in [0.4, 0.5) is 4.39 Å². The summed E-state index contributed by atoms with van der Waals surface area (Å²) in [6.07, 6.45) is 0. The summed E-state index contributed by atoms with van der Waals surface area (Å²) in [6, 6.07) is 8.48. The summed E-state index contributed by atoms with van der Waals surface area (Å²) in [6.45, 7) is 0.165. The first kappa shape index (κ1) is 14.8. The Labute approximate surface area is 120 Å². The van der Waals surface area contributed by atoms with Crippen LogP contribution in [0.2, 0.25) is 0 Å². The second kappa shape index (κ2) is 6.23. The molecule has 2 rings (SSSR count). The van der Waals surface area contributed by atoms with Crippen molar-refractivity contribution in [2.45, 2.75) is 13.1 Å². The summed E-state index contributed by atoms with van der Waals surface area (Å²) < 4.78 is 13.7. The third-order valence-electron chi connectivity index (χ3n) is 3.04. The summed E-state index contributed by atoms with van der Waals surface area (Å²) in [5, 5.41) is 21.6. The fourth-order valence-electron chi connectivity index (χ4n) is 1.89. The van der Waals surface area contributed by atoms with Crippen molar-refractivity contribution in [1.29, 1.82) is 0 Å². The van der Waals surface area contributed by atoms with Crippen LogP contribution in [0.25, 0.3) is 0 Å². The molecule has 0 heterocycles. The van der Waals surface area contributed by atoms with Gasteiger partial charge in [-0.15, -0.1) is 0 Å². The molecule has 0 unspecified atom stereocenters. The second-order valence-corrected chi connectivity index (χ2v) is 4.48. The van der Waals surface area contributed by atoms with E-state index in [2.05, 4.69) is 5.32 Å². The first-order chi connectivity index (χ1) is 10.0. The molecule has 0 aromatic heterocycles. The summed E-state index contributed by atoms with van der Waals surface area (Å²) >= 11 is 0. The maximum atomic E-state index is 13.7. The summed E-state index contributed by atoms with van der Waals surface area (Å²) in [4.78, 5) is 11.9. The number of nitrogens with two attached hydrogens (primary N) is 1. The van der Waals surface area contributed by atoms with Crippen LogP contribution >= 0.6 is 0 Å². The molecule has 6 heteroatoms. The number of hydrogen-bond acceptors (Lipinski definition) is 4. The Hall–Kier alpha value is -2.60. The third kappa shape index (κ3) is 3.29. The third-order valence-corrected chi connectivity index (χ3v) is 3.04. The van der Waals surface area contributed by atoms with Gasteiger partial charge in [-0.3, -0.25) is 4.79 Å². The standard InChI is InChI=1S/C15H15FN2O3/c16-11-6-9(7-17)4-5-10(11)8-18-15(21)14-12(19)2-1-3-13(14)20/h1-6,19-20H,7-8,17H2,(H,18,21). The van der Waals surface area contributed by atoms with Crippen molar-refractivity contribution in [3.8, 4) is 11.5 Å². The first-order valence-electron chi connectivity index (χ1n) is 6.29. The monoisotopic (exact) mass is 290 g/mol. The molecule has 5 nitrogen and oxygen atoms in total. The quantitative estimate of drug-likeness (QED) is 0.688. The Morgan fingerprint density at radius 1 is 1.19 bits per heavy atom. The number of phenols is 2. The van der Waals surface area contributed by atoms with Gasteiger partial charge in [-0.05, 0) is 23.8 Å². The molecule has 0 aliphatic rings. The molecule has 0 atom stereocenters. The van der Waals surface area contributed by atoms with E-state index in [9.17, 15) is 19.4 Å². The normalized spacial score (nSPS) is 10.4. The number of nitrogens with one attached hydrogen (secondary N) is 1. The minimum Gasteiger partial charge on any atom is -0.507 e. The summed E-state index contributed by atoms with van der Waals surface area (Å²) in [5.41, 5.74) is 6.11. The topological polar surface area (TPSA) is 95.6 Å². The van der Waals surface area contributed by atoms with Crippen molar-refractivity contribution in [3.05, 3.63) is 58.9 Å². The highest BCUT2D eigenvalue weighted by Gasteiger charge is 2.16. The molecule has 21 heavy (non-hydrogen) atoms. The van der Waals surface area contributed by atoms with Crippen molar-refractivity contribution in [2.75, 3.05) is 0 Å². The molecular formula is C15H15FN2O3. The van der Waals surface area contributed by atoms with Crippen molar-refractivity contribution in [2.24, 2.45) is 5.73 Å². The van der Waals surface area contributed by atoms with Crippen LogP contribution in [-0.2, 0) is 13.1 Å². The number of aromatic hydroxyl groups is 2. The van der Waals surface area contributed by atoms with Crippen molar-refractivity contribution >= 4 is 5.91 Å². The molecule has 2 aromatic carbocycles. The maximum Gasteiger partial charge on any atom is 0.259 e. The molecular weight excluding hydrogens is 275 g/mol. The number of benzene rings is 2. The molecule has 0 aliphatic heterocycles. The average molecular weight is 290 g/mol. The second-order valence-electron chi connectivity index (χ2n) is 4.48. The molecule has 2 aromatic rings. The molecule has 0 saturated carbocycles. The van der Waals surface area contributed by atoms with Gasteiger partial charge in [0.2, 0.25) is 0 Å². The van der Waals surface area contributed by atoms with E-state index in [0.717, 1.165) is 0 Å². The Bertz CT molecular complexity index is 654. The fourth-order valence-corrected chi connectivity index (χ4v) is 1.89. The Kier molecular flexibility index (Phi) is 4.39. The smallest absolute Gasteiger partial charge is 0.259 e. The molecule has 5 N–H and O–H groups in total. The number of carbonyl (C=O) groups is 1. The van der Waals surface area contributed by atoms with Crippen LogP contribution in [0.1, 0.15) is 21.5 Å². The summed E-state index contributed by atoms with van der Waals surface area (Å²) in [7, 11) is 0. The lowest BCUT2D eigenvalue weighted by Crippen LogP contribution is -2.23. The molecule has 0 aliphatic carbocycles. The molecule has 1 amide bonds. The molecule has 0 spiro atoms. The predicted molar refractivity (Wildman–Crippen MR) is 75.2 cm³/mol. The van der Waals surface area contributed by atoms with Crippen molar-refractivity contribution < 1.29 is 19.4 Å². The van der Waals surface area contributed by atoms with Gasteiger partial charge >= 0.3 is 0 Å². The van der Waals surface area contributed by atoms with Gasteiger partial charge in [0.15, 0.2) is 0 Å². The average Bonchev–Trinajstić information content (AvgIpc) is 2.45. The first-order valence-corrected chi connectivity index (χ1v) is 6.29. The number of hydrogen-bond donors (Lipinski definition) is 4. The van der Waals surface area contributed by atoms with Gasteiger partial charge in [-0.2, -0.15) is 0 Å². The molecule has 0 bridgehead atoms. The summed E-state index contributed by atoms with van der Waals surface area (Å²) in [5.74, 6) is -1.84. The Morgan fingerprint density at radius 2 is 1.86 bits per heavy atom. The van der Waals surface area contributed by atoms with Crippen molar-refractivity contribution in [1.82, 2.24) is 5.32 Å². The van der Waals surface area contributed by atoms with Crippen LogP contribution in [0.3, 0.4) is 0 Å². The van der Waals surface area contributed by atoms with Crippen LogP contribution in [0.15, 0.2) is 36.4 Å². The van der Waals surface area contributed by atoms with Crippen LogP contribution in [0.5, 0.6) is 11.5 Å². The zero-order valence-corrected chi connectivity index (χ0v) is 11.1. The van der Waals surface area contributed by atoms with E-state index in [1.165, 1.54) is 30.3 Å². The van der Waals surface area contributed by atoms with Gasteiger partial charge in [0.05, 0.1) is 0 Å². The van der Waals surface area contributed by atoms with Crippen LogP contribution in [0, 0.1) is 5.82 Å². The van der Waals surface area contributed by atoms with E-state index < -0.39 is 11.7 Å². The fraction of sp³-hybridized carbons (Fsp3) is 0.133. The SMILES string of the molecule is NCc1ccc(CNC(=O)c2c(O)cccc2O)c(F)c1. The van der Waals surface area contributed by atoms with Crippen LogP contribution < -0.4 is 11.1 Å². The lowest BCUT2D eigenvalue weighted by atomic mass is 10.1. The van der Waals surface area contributed by atoms with Crippen LogP contribution in [-0.4, -0.2) is 16.1 Å². The van der Waals surface area contributed by atoms with Crippen molar-refractivity contribution in [3.63, 3.8) is 0 Å². The lowest BCUT2D eigenvalue weighted by molar-refractivity contribution is 0.0945. The number of halogens is 1. The van der Waals surface area contributed by atoms with E-state index >= 15 is 0 Å². The number of rotatable bonds is 4. The van der Waals surface area contributed by atoms with Gasteiger partial charge in [0, 0.05) is 18.7 Å². The Morgan fingerprint density at radius 3 is 2.43 bits per heavy atom. The maximum absolute atomic E-state index is 13.7. The minimum atomic E-state index is -0.687. The van der Waals surface area contributed by atoms with Gasteiger partial charge in [-0.25, -0.2) is 4.39 Å². The van der Waals surface area contributed by atoms with Gasteiger partial charge in [0.1, 0.15) is 22.9 Å². The van der Waals surface area contributed by atoms with E-state index in [4.69, 9.17) is 5.73 Å². The highest BCUT2D eigenvalue weighted by Crippen LogP contribution is 2.26. The largest absolute Gasteiger partial charge is 0.507 e. The minimum absolute atomic E-state index is 0.0662. The number of amides is 1. The van der Waals surface area contributed by atoms with Gasteiger partial charge < -0.3 is 21.3 Å². The number of carbonyl (C=O) groups excluding carboxylic acids is 1. The van der Waals surface area contributed by atoms with E-state index in [1.807, 2.05) is 0 Å². The van der Waals surface area contributed by atoms with E-state index in [-0.39, 0.29) is 35.7 Å². The lowest BCUT2D eigenvalue weighted by Gasteiger charge is -2.09. The molecule has 0 fully saturated rings. The van der Waals surface area contributed by atoms with Gasteiger partial charge in [0.25, 0.3) is 5.91 Å². The molecule has 110 valence electrons.